The molecule has 0 bridgehead atoms. The molecule has 4 aliphatic heterocycles. The average molecular weight is 1170 g/mol. The molecule has 13 nitrogen and oxygen atoms in total. The molecule has 0 aliphatic carbocycles. The van der Waals surface area contributed by atoms with Gasteiger partial charge in [-0.1, -0.05) is 82.4 Å². The molecule has 392 valence electrons. The summed E-state index contributed by atoms with van der Waals surface area (Å²) >= 11 is 30.1. The van der Waals surface area contributed by atoms with Gasteiger partial charge in [0.05, 0.1) is 54.2 Å². The lowest BCUT2D eigenvalue weighted by Crippen LogP contribution is -2.57. The van der Waals surface area contributed by atoms with Crippen LogP contribution < -0.4 is 20.4 Å². The number of rotatable bonds is 14. The molecule has 4 aromatic carbocycles. The van der Waals surface area contributed by atoms with Crippen molar-refractivity contribution in [3.05, 3.63) is 172 Å². The normalized spacial score (nSPS) is 21.0. The lowest BCUT2D eigenvalue weighted by molar-refractivity contribution is -0.133. The molecule has 3 atom stereocenters. The molecule has 6 aromatic rings. The summed E-state index contributed by atoms with van der Waals surface area (Å²) in [4.78, 5) is 59.4. The van der Waals surface area contributed by atoms with Crippen LogP contribution in [0.15, 0.2) is 139 Å². The van der Waals surface area contributed by atoms with Crippen molar-refractivity contribution in [2.75, 3.05) is 82.7 Å². The summed E-state index contributed by atoms with van der Waals surface area (Å²) in [5.41, 5.74) is 3.80. The van der Waals surface area contributed by atoms with E-state index in [-0.39, 0.29) is 48.4 Å². The fraction of sp³-hybridized carbons (Fsp3) is 0.296. The number of ketones is 1. The molecule has 2 aromatic heterocycles. The highest BCUT2D eigenvalue weighted by Crippen LogP contribution is 2.47. The van der Waals surface area contributed by atoms with E-state index < -0.39 is 28.4 Å². The second kappa shape index (κ2) is 25.1. The van der Waals surface area contributed by atoms with Gasteiger partial charge in [-0.2, -0.15) is 22.7 Å². The lowest BCUT2D eigenvalue weighted by Gasteiger charge is -2.40. The Morgan fingerprint density at radius 3 is 1.67 bits per heavy atom. The van der Waals surface area contributed by atoms with Gasteiger partial charge in [0.1, 0.15) is 22.5 Å². The molecule has 75 heavy (non-hydrogen) atoms. The van der Waals surface area contributed by atoms with Gasteiger partial charge in [0, 0.05) is 77.3 Å². The van der Waals surface area contributed by atoms with E-state index in [1.807, 2.05) is 70.1 Å². The zero-order valence-corrected chi connectivity index (χ0v) is 46.6. The highest BCUT2D eigenvalue weighted by molar-refractivity contribution is 8.04. The van der Waals surface area contributed by atoms with Gasteiger partial charge in [-0.25, -0.2) is 4.79 Å². The number of halogens is 4. The summed E-state index contributed by atoms with van der Waals surface area (Å²) in [6.07, 6.45) is -0.594. The van der Waals surface area contributed by atoms with E-state index in [4.69, 9.17) is 70.1 Å². The number of methoxy groups -OCH3 is 1. The third kappa shape index (κ3) is 12.8. The summed E-state index contributed by atoms with van der Waals surface area (Å²) in [7, 11) is 1.51. The summed E-state index contributed by atoms with van der Waals surface area (Å²) in [5.74, 6) is -0.690. The number of ether oxygens (including phenoxy) is 5. The van der Waals surface area contributed by atoms with E-state index >= 15 is 0 Å². The Bertz CT molecular complexity index is 2990. The molecular formula is C54H50Cl4N4O9S4. The van der Waals surface area contributed by atoms with Gasteiger partial charge in [-0.15, -0.1) is 11.8 Å². The first kappa shape index (κ1) is 55.0. The first-order valence-corrected chi connectivity index (χ1v) is 28.9. The van der Waals surface area contributed by atoms with Crippen molar-refractivity contribution in [2.24, 2.45) is 0 Å². The zero-order chi connectivity index (χ0) is 52.5. The smallest absolute Gasteiger partial charge is 0.432 e. The molecule has 2 amide bonds. The maximum absolute atomic E-state index is 13.9. The highest BCUT2D eigenvalue weighted by Gasteiger charge is 2.48. The Kier molecular flexibility index (Phi) is 18.4. The Balaban J connectivity index is 0.000000187. The van der Waals surface area contributed by atoms with Gasteiger partial charge >= 0.3 is 6.16 Å². The molecule has 3 saturated heterocycles. The minimum absolute atomic E-state index is 0.0129. The van der Waals surface area contributed by atoms with Gasteiger partial charge in [0.15, 0.2) is 5.78 Å². The monoisotopic (exact) mass is 1170 g/mol. The van der Waals surface area contributed by atoms with Crippen LogP contribution >= 0.6 is 92.6 Å². The standard InChI is InChI=1S/C29H28Cl2N2O6S2.C25H22Cl2N2O3S2/c1-36-13-14-38-28(35)39-24-17-29(20-8-15-40-18-20,19-2-5-22(6-3-19)33-9-11-37-12-10-33)32-27(34)26(24)41-25-7-4-21(30)16-23(25)31;26-18-3-6-22(20(27)13-18)34-23-21(30)14-25(28-24(23)31,17-7-12-33-15-17)16-1-4-19(5-2-16)29-8-10-32-11-9-29/h2-8,15-16,18H,9-14,17H2,1H3,(H,32,34);1-7,12-13,15,23H,8-11,14H2,(H,28,31). The number of anilines is 2. The molecular weight excluding hydrogens is 1120 g/mol. The van der Waals surface area contributed by atoms with Crippen molar-refractivity contribution in [1.29, 1.82) is 0 Å². The van der Waals surface area contributed by atoms with Crippen LogP contribution in [0, 0.1) is 0 Å². The van der Waals surface area contributed by atoms with Crippen LogP contribution in [-0.2, 0) is 49.1 Å². The maximum Gasteiger partial charge on any atom is 0.513 e. The van der Waals surface area contributed by atoms with Crippen molar-refractivity contribution in [2.45, 2.75) is 39.0 Å². The average Bonchev–Trinajstić information content (AvgIpc) is 4.19. The molecule has 2 N–H and O–H groups in total. The molecule has 3 unspecified atom stereocenters. The van der Waals surface area contributed by atoms with Gasteiger partial charge in [0.2, 0.25) is 5.91 Å². The number of nitrogens with zero attached hydrogens (tertiary/aromatic N) is 2. The molecule has 4 aliphatic rings. The lowest BCUT2D eigenvalue weighted by atomic mass is 9.77. The van der Waals surface area contributed by atoms with Crippen LogP contribution in [0.2, 0.25) is 20.1 Å². The van der Waals surface area contributed by atoms with E-state index in [0.717, 1.165) is 83.3 Å². The predicted molar refractivity (Wildman–Crippen MR) is 299 cm³/mol. The minimum atomic E-state index is -0.989. The number of thioether (sulfide) groups is 2. The van der Waals surface area contributed by atoms with Crippen molar-refractivity contribution < 1.29 is 42.9 Å². The fourth-order valence-electron chi connectivity index (χ4n) is 9.17. The van der Waals surface area contributed by atoms with Crippen molar-refractivity contribution in [1.82, 2.24) is 10.6 Å². The maximum atomic E-state index is 13.9. The number of benzene rings is 4. The molecule has 0 saturated carbocycles. The third-order valence-corrected chi connectivity index (χ3v) is 18.2. The number of amides is 2. The zero-order valence-electron chi connectivity index (χ0n) is 40.3. The number of carbonyl (C=O) groups excluding carboxylic acids is 4. The van der Waals surface area contributed by atoms with Crippen LogP contribution in [0.25, 0.3) is 0 Å². The third-order valence-electron chi connectivity index (χ3n) is 13.0. The van der Waals surface area contributed by atoms with Crippen LogP contribution in [0.5, 0.6) is 0 Å². The molecule has 10 rings (SSSR count). The summed E-state index contributed by atoms with van der Waals surface area (Å²) in [5, 5.41) is 15.2. The van der Waals surface area contributed by atoms with E-state index in [1.165, 1.54) is 18.4 Å². The predicted octanol–water partition coefficient (Wildman–Crippen LogP) is 11.8. The number of thiophene rings is 2. The summed E-state index contributed by atoms with van der Waals surface area (Å²) in [6, 6.07) is 30.2. The molecule has 0 radical (unpaired) electrons. The quantitative estimate of drug-likeness (QED) is 0.0607. The second-order valence-electron chi connectivity index (χ2n) is 17.6. The second-order valence-corrected chi connectivity index (χ2v) is 23.0. The Morgan fingerprint density at radius 2 is 1.19 bits per heavy atom. The van der Waals surface area contributed by atoms with Crippen LogP contribution in [0.3, 0.4) is 0 Å². The first-order chi connectivity index (χ1) is 36.4. The van der Waals surface area contributed by atoms with E-state index in [1.54, 1.807) is 47.7 Å². The van der Waals surface area contributed by atoms with Gasteiger partial charge in [0.25, 0.3) is 5.91 Å². The molecule has 3 fully saturated rings. The van der Waals surface area contributed by atoms with E-state index in [9.17, 15) is 19.2 Å². The number of nitrogens with one attached hydrogen (secondary N) is 2. The van der Waals surface area contributed by atoms with Gasteiger partial charge in [-0.3, -0.25) is 14.4 Å². The largest absolute Gasteiger partial charge is 0.513 e. The Labute approximate surface area is 471 Å². The minimum Gasteiger partial charge on any atom is -0.432 e. The highest BCUT2D eigenvalue weighted by atomic mass is 35.5. The fourth-order valence-corrected chi connectivity index (χ4v) is 13.5. The number of hydrogen-bond donors (Lipinski definition) is 2. The number of piperidine rings is 1. The van der Waals surface area contributed by atoms with E-state index in [2.05, 4.69) is 32.6 Å². The van der Waals surface area contributed by atoms with E-state index in [0.29, 0.717) is 56.3 Å². The molecule has 0 spiro atoms. The van der Waals surface area contributed by atoms with Gasteiger partial charge in [-0.05, 0) is 117 Å². The molecule has 21 heteroatoms. The number of morpholine rings is 2. The first-order valence-electron chi connectivity index (χ1n) is 23.8. The van der Waals surface area contributed by atoms with Crippen LogP contribution in [-0.4, -0.2) is 102 Å². The topological polar surface area (TPSA) is 145 Å². The van der Waals surface area contributed by atoms with Gasteiger partial charge < -0.3 is 44.1 Å². The number of hydrogen-bond acceptors (Lipinski definition) is 15. The van der Waals surface area contributed by atoms with Crippen molar-refractivity contribution in [3.63, 3.8) is 0 Å². The molecule has 6 heterocycles. The summed E-state index contributed by atoms with van der Waals surface area (Å²) in [6.45, 7) is 6.32. The van der Waals surface area contributed by atoms with Crippen LogP contribution in [0.4, 0.5) is 16.2 Å². The summed E-state index contributed by atoms with van der Waals surface area (Å²) < 4.78 is 26.8. The number of carbonyl (C=O) groups is 4. The Morgan fingerprint density at radius 1 is 0.667 bits per heavy atom. The van der Waals surface area contributed by atoms with Crippen molar-refractivity contribution >= 4 is 128 Å². The van der Waals surface area contributed by atoms with Crippen LogP contribution in [0.1, 0.15) is 35.1 Å². The van der Waals surface area contributed by atoms with Crippen molar-refractivity contribution in [3.8, 4) is 0 Å². The Hall–Kier alpha value is -4.76. The SMILES string of the molecule is COCCOC(=O)OC1=C(Sc2ccc(Cl)cc2Cl)C(=O)NC(c2ccc(N3CCOCC3)cc2)(c2ccsc2)C1.O=C1CC(c2ccc(N3CCOCC3)cc2)(c2ccsc2)NC(=O)C1Sc1ccc(Cl)cc1Cl. The number of Topliss-reactive ketones (excluding diaryl/α,β-unsaturated/α-hetero) is 1.